The van der Waals surface area contributed by atoms with E-state index in [9.17, 15) is 9.00 Å². The predicted molar refractivity (Wildman–Crippen MR) is 108 cm³/mol. The SMILES string of the molecule is Cc1sc(N(CCn2cccn2)Cc2ccccc2)nc1C(=O)NS(C)=O. The fourth-order valence-electron chi connectivity index (χ4n) is 2.61. The molecule has 1 atom stereocenters. The monoisotopic (exact) mass is 403 g/mol. The average molecular weight is 404 g/mol. The molecule has 1 N–H and O–H groups in total. The van der Waals surface area contributed by atoms with Crippen LogP contribution in [0, 0.1) is 6.92 Å². The maximum Gasteiger partial charge on any atom is 0.282 e. The van der Waals surface area contributed by atoms with Gasteiger partial charge in [-0.1, -0.05) is 30.3 Å². The third-order valence-electron chi connectivity index (χ3n) is 3.88. The standard InChI is InChI=1S/C18H21N5O2S2/c1-14-16(17(24)21-27(2)25)20-18(26-14)22(11-12-23-10-6-9-19-23)13-15-7-4-3-5-8-15/h3-10H,11-13H2,1-2H3,(H,21,24). The van der Waals surface area contributed by atoms with Crippen molar-refractivity contribution in [2.24, 2.45) is 0 Å². The Kier molecular flexibility index (Phi) is 6.36. The number of hydrogen-bond acceptors (Lipinski definition) is 6. The molecule has 0 fully saturated rings. The first kappa shape index (κ1) is 19.2. The van der Waals surface area contributed by atoms with Gasteiger partial charge in [0.2, 0.25) is 0 Å². The van der Waals surface area contributed by atoms with Crippen molar-refractivity contribution in [2.45, 2.75) is 20.0 Å². The molecule has 0 aliphatic carbocycles. The zero-order valence-electron chi connectivity index (χ0n) is 15.2. The maximum atomic E-state index is 12.2. The van der Waals surface area contributed by atoms with Crippen LogP contribution in [0.3, 0.4) is 0 Å². The minimum atomic E-state index is -1.42. The van der Waals surface area contributed by atoms with E-state index in [-0.39, 0.29) is 0 Å². The summed E-state index contributed by atoms with van der Waals surface area (Å²) in [5, 5.41) is 5.01. The van der Waals surface area contributed by atoms with Gasteiger partial charge in [-0.25, -0.2) is 9.19 Å². The van der Waals surface area contributed by atoms with Crippen LogP contribution in [0.1, 0.15) is 20.9 Å². The number of hydrogen-bond donors (Lipinski definition) is 1. The second kappa shape index (κ2) is 8.92. The van der Waals surface area contributed by atoms with Crippen LogP contribution in [0.2, 0.25) is 0 Å². The van der Waals surface area contributed by atoms with Crippen molar-refractivity contribution in [3.05, 3.63) is 64.9 Å². The van der Waals surface area contributed by atoms with Gasteiger partial charge in [0.25, 0.3) is 5.91 Å². The zero-order valence-corrected chi connectivity index (χ0v) is 16.8. The molecule has 2 aromatic heterocycles. The number of carbonyl (C=O) groups is 1. The van der Waals surface area contributed by atoms with Crippen LogP contribution in [0.25, 0.3) is 0 Å². The number of thiazole rings is 1. The molecule has 0 spiro atoms. The van der Waals surface area contributed by atoms with Gasteiger partial charge in [0.15, 0.2) is 5.13 Å². The summed E-state index contributed by atoms with van der Waals surface area (Å²) >= 11 is 1.46. The highest BCUT2D eigenvalue weighted by molar-refractivity contribution is 7.82. The van der Waals surface area contributed by atoms with Crippen LogP contribution < -0.4 is 9.62 Å². The minimum absolute atomic E-state index is 0.322. The van der Waals surface area contributed by atoms with Crippen molar-refractivity contribution in [1.82, 2.24) is 19.5 Å². The van der Waals surface area contributed by atoms with E-state index in [1.165, 1.54) is 17.6 Å². The lowest BCUT2D eigenvalue weighted by Crippen LogP contribution is -2.28. The molecule has 1 amide bonds. The van der Waals surface area contributed by atoms with Gasteiger partial charge in [0.05, 0.1) is 6.54 Å². The van der Waals surface area contributed by atoms with E-state index in [2.05, 4.69) is 31.8 Å². The molecule has 142 valence electrons. The lowest BCUT2D eigenvalue weighted by atomic mass is 10.2. The van der Waals surface area contributed by atoms with Gasteiger partial charge in [-0.3, -0.25) is 14.2 Å². The molecule has 0 aliphatic heterocycles. The summed E-state index contributed by atoms with van der Waals surface area (Å²) < 4.78 is 15.6. The lowest BCUT2D eigenvalue weighted by Gasteiger charge is -2.22. The number of nitrogens with zero attached hydrogens (tertiary/aromatic N) is 4. The second-order valence-corrected chi connectivity index (χ2v) is 8.26. The summed E-state index contributed by atoms with van der Waals surface area (Å²) in [6.45, 7) is 3.93. The molecule has 0 bridgehead atoms. The number of rotatable bonds is 8. The van der Waals surface area contributed by atoms with Gasteiger partial charge < -0.3 is 4.90 Å². The van der Waals surface area contributed by atoms with E-state index in [0.29, 0.717) is 25.3 Å². The molecule has 3 rings (SSSR count). The minimum Gasteiger partial charge on any atom is -0.342 e. The Morgan fingerprint density at radius 2 is 2.07 bits per heavy atom. The molecule has 3 aromatic rings. The second-order valence-electron chi connectivity index (χ2n) is 5.96. The van der Waals surface area contributed by atoms with Crippen LogP contribution in [0.5, 0.6) is 0 Å². The number of carbonyl (C=O) groups excluding carboxylic acids is 1. The van der Waals surface area contributed by atoms with E-state index < -0.39 is 16.9 Å². The number of nitrogens with one attached hydrogen (secondary N) is 1. The summed E-state index contributed by atoms with van der Waals surface area (Å²) in [5.41, 5.74) is 1.48. The average Bonchev–Trinajstić information content (AvgIpc) is 3.28. The Hall–Kier alpha value is -2.52. The fourth-order valence-corrected chi connectivity index (χ4v) is 3.90. The Balaban J connectivity index is 1.82. The van der Waals surface area contributed by atoms with Gasteiger partial charge in [-0.15, -0.1) is 11.3 Å². The summed E-state index contributed by atoms with van der Waals surface area (Å²) in [5.74, 6) is -0.414. The Bertz CT molecular complexity index is 909. The van der Waals surface area contributed by atoms with Crippen molar-refractivity contribution >= 4 is 33.4 Å². The molecular formula is C18H21N5O2S2. The van der Waals surface area contributed by atoms with Gasteiger partial charge in [0, 0.05) is 36.6 Å². The molecule has 1 unspecified atom stereocenters. The molecule has 0 saturated carbocycles. The van der Waals surface area contributed by atoms with Crippen molar-refractivity contribution in [3.8, 4) is 0 Å². The van der Waals surface area contributed by atoms with Gasteiger partial charge in [-0.05, 0) is 18.6 Å². The fraction of sp³-hybridized carbons (Fsp3) is 0.278. The van der Waals surface area contributed by atoms with E-state index in [1.807, 2.05) is 42.1 Å². The van der Waals surface area contributed by atoms with Crippen LogP contribution in [-0.2, 0) is 24.1 Å². The highest BCUT2D eigenvalue weighted by Crippen LogP contribution is 2.27. The summed E-state index contributed by atoms with van der Waals surface area (Å²) in [4.78, 5) is 19.7. The number of benzene rings is 1. The van der Waals surface area contributed by atoms with E-state index in [4.69, 9.17) is 0 Å². The molecule has 0 aliphatic rings. The van der Waals surface area contributed by atoms with Crippen molar-refractivity contribution in [2.75, 3.05) is 17.7 Å². The molecular weight excluding hydrogens is 382 g/mol. The molecule has 1 aromatic carbocycles. The molecule has 7 nitrogen and oxygen atoms in total. The normalized spacial score (nSPS) is 11.9. The number of amides is 1. The molecule has 2 heterocycles. The van der Waals surface area contributed by atoms with E-state index in [0.717, 1.165) is 15.6 Å². The van der Waals surface area contributed by atoms with Crippen molar-refractivity contribution in [1.29, 1.82) is 0 Å². The third kappa shape index (κ3) is 5.24. The third-order valence-corrected chi connectivity index (χ3v) is 5.39. The first-order valence-corrected chi connectivity index (χ1v) is 10.8. The van der Waals surface area contributed by atoms with Gasteiger partial charge >= 0.3 is 0 Å². The Morgan fingerprint density at radius 3 is 2.74 bits per heavy atom. The van der Waals surface area contributed by atoms with Crippen LogP contribution in [0.4, 0.5) is 5.13 Å². The van der Waals surface area contributed by atoms with Crippen molar-refractivity contribution in [3.63, 3.8) is 0 Å². The van der Waals surface area contributed by atoms with Gasteiger partial charge in [0.1, 0.15) is 16.7 Å². The van der Waals surface area contributed by atoms with Crippen LogP contribution in [-0.4, -0.2) is 37.7 Å². The molecule has 9 heteroatoms. The topological polar surface area (TPSA) is 80.1 Å². The summed E-state index contributed by atoms with van der Waals surface area (Å²) in [7, 11) is -1.42. The molecule has 0 radical (unpaired) electrons. The summed E-state index contributed by atoms with van der Waals surface area (Å²) in [6.07, 6.45) is 5.10. The van der Waals surface area contributed by atoms with Crippen LogP contribution >= 0.6 is 11.3 Å². The van der Waals surface area contributed by atoms with E-state index in [1.54, 1.807) is 6.20 Å². The predicted octanol–water partition coefficient (Wildman–Crippen LogP) is 2.38. The smallest absolute Gasteiger partial charge is 0.282 e. The highest BCUT2D eigenvalue weighted by Gasteiger charge is 2.20. The maximum absolute atomic E-state index is 12.2. The quantitative estimate of drug-likeness (QED) is 0.625. The number of aryl methyl sites for hydroxylation is 1. The Labute approximate surface area is 164 Å². The zero-order chi connectivity index (χ0) is 19.2. The number of aromatic nitrogens is 3. The molecule has 0 saturated heterocycles. The first-order chi connectivity index (χ1) is 13.0. The first-order valence-electron chi connectivity index (χ1n) is 8.41. The van der Waals surface area contributed by atoms with Crippen LogP contribution in [0.15, 0.2) is 48.8 Å². The Morgan fingerprint density at radius 1 is 1.30 bits per heavy atom. The van der Waals surface area contributed by atoms with Gasteiger partial charge in [-0.2, -0.15) is 5.10 Å². The summed E-state index contributed by atoms with van der Waals surface area (Å²) in [6, 6.07) is 12.0. The van der Waals surface area contributed by atoms with E-state index >= 15 is 0 Å². The molecule has 27 heavy (non-hydrogen) atoms. The highest BCUT2D eigenvalue weighted by atomic mass is 32.2. The lowest BCUT2D eigenvalue weighted by molar-refractivity contribution is 0.0978. The van der Waals surface area contributed by atoms with Crippen molar-refractivity contribution < 1.29 is 9.00 Å². The largest absolute Gasteiger partial charge is 0.342 e. The number of anilines is 1.